The smallest absolute Gasteiger partial charge is 0.123 e. The van der Waals surface area contributed by atoms with Crippen LogP contribution in [-0.2, 0) is 0 Å². The van der Waals surface area contributed by atoms with Gasteiger partial charge in [-0.15, -0.1) is 0 Å². The summed E-state index contributed by atoms with van der Waals surface area (Å²) in [5.74, 6) is -0.669. The van der Waals surface area contributed by atoms with Crippen molar-refractivity contribution in [3.8, 4) is 16.8 Å². The molecule has 1 aromatic heterocycles. The topological polar surface area (TPSA) is 17.0 Å². The normalized spacial score (nSPS) is 12.1. The minimum absolute atomic E-state index is 0.298. The van der Waals surface area contributed by atoms with Crippen molar-refractivity contribution in [3.63, 3.8) is 0 Å². The fourth-order valence-electron chi connectivity index (χ4n) is 3.97. The molecule has 0 saturated heterocycles. The number of halogens is 2. The Labute approximate surface area is 209 Å². The summed E-state index contributed by atoms with van der Waals surface area (Å²) in [7, 11) is 0. The van der Waals surface area contributed by atoms with Gasteiger partial charge in [0.15, 0.2) is 0 Å². The summed E-state index contributed by atoms with van der Waals surface area (Å²) >= 11 is 0. The first-order valence-corrected chi connectivity index (χ1v) is 11.7. The van der Waals surface area contributed by atoms with Gasteiger partial charge in [-0.1, -0.05) is 60.7 Å². The number of hydrogen-bond donors (Lipinski definition) is 1. The number of allylic oxidation sites excluding steroid dienone is 4. The molecule has 4 heteroatoms. The van der Waals surface area contributed by atoms with Crippen LogP contribution >= 0.6 is 0 Å². The van der Waals surface area contributed by atoms with Gasteiger partial charge in [0.25, 0.3) is 0 Å². The van der Waals surface area contributed by atoms with E-state index < -0.39 is 0 Å². The summed E-state index contributed by atoms with van der Waals surface area (Å²) in [6, 6.07) is 32.9. The highest BCUT2D eigenvalue weighted by atomic mass is 19.1. The molecule has 1 N–H and O–H groups in total. The van der Waals surface area contributed by atoms with Gasteiger partial charge in [-0.3, -0.25) is 0 Å². The number of nitrogens with zero attached hydrogens (tertiary/aromatic N) is 1. The first-order valence-electron chi connectivity index (χ1n) is 11.7. The molecule has 0 amide bonds. The number of aromatic nitrogens is 1. The predicted octanol–water partition coefficient (Wildman–Crippen LogP) is 8.93. The van der Waals surface area contributed by atoms with Gasteiger partial charge in [0.05, 0.1) is 5.52 Å². The summed E-state index contributed by atoms with van der Waals surface area (Å²) in [5.41, 5.74) is 6.15. The van der Waals surface area contributed by atoms with Crippen LogP contribution in [0.1, 0.15) is 5.56 Å². The molecule has 36 heavy (non-hydrogen) atoms. The second-order valence-electron chi connectivity index (χ2n) is 8.31. The molecule has 176 valence electrons. The monoisotopic (exact) mass is 474 g/mol. The van der Waals surface area contributed by atoms with Gasteiger partial charge in [0.2, 0.25) is 0 Å². The molecule has 0 bridgehead atoms. The molecular formula is C32H24F2N2. The molecule has 0 fully saturated rings. The van der Waals surface area contributed by atoms with E-state index in [1.807, 2.05) is 30.3 Å². The number of rotatable bonds is 7. The summed E-state index contributed by atoms with van der Waals surface area (Å²) in [6.07, 6.45) is 9.76. The average molecular weight is 475 g/mol. The first kappa shape index (κ1) is 23.1. The molecule has 1 heterocycles. The van der Waals surface area contributed by atoms with Crippen LogP contribution in [0, 0.1) is 5.82 Å². The minimum atomic E-state index is -0.371. The van der Waals surface area contributed by atoms with E-state index in [1.54, 1.807) is 30.5 Å². The molecule has 0 unspecified atom stereocenters. The van der Waals surface area contributed by atoms with Gasteiger partial charge in [-0.25, -0.2) is 8.78 Å². The third-order valence-electron chi connectivity index (χ3n) is 5.87. The Kier molecular flexibility index (Phi) is 6.86. The van der Waals surface area contributed by atoms with Crippen LogP contribution in [0.2, 0.25) is 0 Å². The quantitative estimate of drug-likeness (QED) is 0.233. The lowest BCUT2D eigenvalue weighted by atomic mass is 10.0. The van der Waals surface area contributed by atoms with Crippen molar-refractivity contribution in [1.29, 1.82) is 0 Å². The van der Waals surface area contributed by atoms with Crippen molar-refractivity contribution in [3.05, 3.63) is 151 Å². The van der Waals surface area contributed by atoms with Crippen LogP contribution in [-0.4, -0.2) is 4.57 Å². The molecular weight excluding hydrogens is 450 g/mol. The van der Waals surface area contributed by atoms with E-state index in [1.165, 1.54) is 35.2 Å². The molecule has 0 saturated carbocycles. The van der Waals surface area contributed by atoms with Crippen LogP contribution in [0.25, 0.3) is 33.8 Å². The Morgan fingerprint density at radius 3 is 2.19 bits per heavy atom. The van der Waals surface area contributed by atoms with Crippen LogP contribution in [0.3, 0.4) is 0 Å². The van der Waals surface area contributed by atoms with Crippen molar-refractivity contribution in [2.75, 3.05) is 5.32 Å². The highest BCUT2D eigenvalue weighted by Crippen LogP contribution is 2.25. The molecule has 0 aliphatic rings. The molecule has 0 spiro atoms. The Morgan fingerprint density at radius 1 is 0.750 bits per heavy atom. The standard InChI is InChI=1S/C32H24F2N2/c33-28(5-3-22-35-30-17-15-29(34)16-18-30)14-9-24-7-10-25(11-8-24)26-12-19-31(20-13-26)36-23-21-27-4-1-2-6-32(27)36/h1-23,35H/b14-9-,22-3+,28-5+. The number of fused-ring (bicyclic) bond motifs is 1. The summed E-state index contributed by atoms with van der Waals surface area (Å²) in [5, 5.41) is 4.17. The number of para-hydroxylation sites is 1. The molecule has 5 aromatic rings. The fraction of sp³-hybridized carbons (Fsp3) is 0. The second-order valence-corrected chi connectivity index (χ2v) is 8.31. The van der Waals surface area contributed by atoms with E-state index in [0.29, 0.717) is 0 Å². The van der Waals surface area contributed by atoms with Crippen LogP contribution < -0.4 is 5.32 Å². The zero-order valence-corrected chi connectivity index (χ0v) is 19.5. The van der Waals surface area contributed by atoms with E-state index in [-0.39, 0.29) is 11.6 Å². The van der Waals surface area contributed by atoms with Gasteiger partial charge >= 0.3 is 0 Å². The number of nitrogens with one attached hydrogen (secondary N) is 1. The molecule has 2 nitrogen and oxygen atoms in total. The molecule has 0 atom stereocenters. The van der Waals surface area contributed by atoms with E-state index in [0.717, 1.165) is 28.1 Å². The maximum Gasteiger partial charge on any atom is 0.123 e. The number of benzene rings is 4. The van der Waals surface area contributed by atoms with E-state index in [9.17, 15) is 8.78 Å². The summed E-state index contributed by atoms with van der Waals surface area (Å²) in [6.45, 7) is 0. The Hall–Kier alpha value is -4.70. The predicted molar refractivity (Wildman–Crippen MR) is 146 cm³/mol. The van der Waals surface area contributed by atoms with Crippen LogP contribution in [0.5, 0.6) is 0 Å². The highest BCUT2D eigenvalue weighted by molar-refractivity contribution is 5.82. The lowest BCUT2D eigenvalue weighted by Crippen LogP contribution is -1.91. The first-order chi connectivity index (χ1) is 17.7. The lowest BCUT2D eigenvalue weighted by Gasteiger charge is -2.08. The second kappa shape index (κ2) is 10.7. The van der Waals surface area contributed by atoms with Gasteiger partial charge in [-0.2, -0.15) is 0 Å². The largest absolute Gasteiger partial charge is 0.362 e. The minimum Gasteiger partial charge on any atom is -0.362 e. The Morgan fingerprint density at radius 2 is 1.44 bits per heavy atom. The van der Waals surface area contributed by atoms with Crippen LogP contribution in [0.15, 0.2) is 140 Å². The molecule has 0 aliphatic carbocycles. The van der Waals surface area contributed by atoms with E-state index >= 15 is 0 Å². The number of hydrogen-bond acceptors (Lipinski definition) is 1. The van der Waals surface area contributed by atoms with Gasteiger partial charge < -0.3 is 9.88 Å². The van der Waals surface area contributed by atoms with Crippen molar-refractivity contribution in [1.82, 2.24) is 4.57 Å². The van der Waals surface area contributed by atoms with E-state index in [4.69, 9.17) is 0 Å². The zero-order valence-electron chi connectivity index (χ0n) is 19.5. The molecule has 4 aromatic carbocycles. The molecule has 0 aliphatic heterocycles. The average Bonchev–Trinajstić information content (AvgIpc) is 3.36. The Balaban J connectivity index is 1.20. The SMILES string of the molecule is FC(/C=C\c1ccc(-c2ccc(-n3ccc4ccccc43)cc2)cc1)=C/C=C/Nc1ccc(F)cc1. The Bertz CT molecular complexity index is 1540. The molecule has 0 radical (unpaired) electrons. The molecule has 5 rings (SSSR count). The third kappa shape index (κ3) is 5.50. The van der Waals surface area contributed by atoms with Gasteiger partial charge in [0.1, 0.15) is 11.6 Å². The summed E-state index contributed by atoms with van der Waals surface area (Å²) < 4.78 is 29.2. The van der Waals surface area contributed by atoms with Crippen molar-refractivity contribution < 1.29 is 8.78 Å². The highest BCUT2D eigenvalue weighted by Gasteiger charge is 2.03. The maximum absolute atomic E-state index is 14.1. The summed E-state index contributed by atoms with van der Waals surface area (Å²) in [4.78, 5) is 0. The number of anilines is 1. The van der Waals surface area contributed by atoms with Crippen molar-refractivity contribution in [2.45, 2.75) is 0 Å². The maximum atomic E-state index is 14.1. The van der Waals surface area contributed by atoms with Gasteiger partial charge in [-0.05, 0) is 88.8 Å². The van der Waals surface area contributed by atoms with Crippen molar-refractivity contribution in [2.24, 2.45) is 0 Å². The van der Waals surface area contributed by atoms with Crippen molar-refractivity contribution >= 4 is 22.7 Å². The van der Waals surface area contributed by atoms with Gasteiger partial charge in [0, 0.05) is 23.8 Å². The van der Waals surface area contributed by atoms with Crippen LogP contribution in [0.4, 0.5) is 14.5 Å². The fourth-order valence-corrected chi connectivity index (χ4v) is 3.97. The van der Waals surface area contributed by atoms with E-state index in [2.05, 4.69) is 64.6 Å². The third-order valence-corrected chi connectivity index (χ3v) is 5.87. The lowest BCUT2D eigenvalue weighted by molar-refractivity contribution is 0.628. The zero-order chi connectivity index (χ0) is 24.7.